The van der Waals surface area contributed by atoms with Crippen molar-refractivity contribution in [2.24, 2.45) is 0 Å². The van der Waals surface area contributed by atoms with E-state index < -0.39 is 5.97 Å². The van der Waals surface area contributed by atoms with Crippen LogP contribution in [0.3, 0.4) is 0 Å². The molecule has 1 aromatic rings. The third-order valence-corrected chi connectivity index (χ3v) is 3.74. The predicted octanol–water partition coefficient (Wildman–Crippen LogP) is 3.10. The number of carboxylic acid groups (broad SMARTS) is 1. The number of nitrogens with one attached hydrogen (secondary N) is 1. The molecule has 1 unspecified atom stereocenters. The first-order chi connectivity index (χ1) is 10.6. The molecule has 0 amide bonds. The Hall–Kier alpha value is -1.30. The van der Waals surface area contributed by atoms with E-state index in [0.717, 1.165) is 0 Å². The molecule has 3 N–H and O–H groups in total. The highest BCUT2D eigenvalue weighted by molar-refractivity contribution is 5.90. The van der Waals surface area contributed by atoms with Crippen molar-refractivity contribution in [2.75, 3.05) is 13.7 Å². The van der Waals surface area contributed by atoms with Crippen LogP contribution in [0.25, 0.3) is 0 Å². The van der Waals surface area contributed by atoms with Gasteiger partial charge < -0.3 is 20.3 Å². The van der Waals surface area contributed by atoms with E-state index in [1.54, 1.807) is 18.2 Å². The SMILES string of the molecule is CC(CO)NC1CCCCC1.COc1ccccc1C(=O)O.Cl. The molecule has 0 saturated heterocycles. The van der Waals surface area contributed by atoms with Crippen molar-refractivity contribution in [1.82, 2.24) is 5.32 Å². The van der Waals surface area contributed by atoms with Gasteiger partial charge in [-0.2, -0.15) is 0 Å². The van der Waals surface area contributed by atoms with Gasteiger partial charge in [0.2, 0.25) is 0 Å². The van der Waals surface area contributed by atoms with Crippen molar-refractivity contribution in [3.63, 3.8) is 0 Å². The van der Waals surface area contributed by atoms with Crippen molar-refractivity contribution in [3.05, 3.63) is 29.8 Å². The molecule has 0 heterocycles. The van der Waals surface area contributed by atoms with Crippen LogP contribution in [0.5, 0.6) is 5.75 Å². The highest BCUT2D eigenvalue weighted by Crippen LogP contribution is 2.17. The summed E-state index contributed by atoms with van der Waals surface area (Å²) in [5, 5.41) is 20.8. The van der Waals surface area contributed by atoms with Crippen LogP contribution in [-0.4, -0.2) is 42.0 Å². The quantitative estimate of drug-likeness (QED) is 0.764. The average molecular weight is 346 g/mol. The summed E-state index contributed by atoms with van der Waals surface area (Å²) in [6, 6.07) is 7.45. The zero-order valence-electron chi connectivity index (χ0n) is 13.8. The van der Waals surface area contributed by atoms with Gasteiger partial charge >= 0.3 is 5.97 Å². The van der Waals surface area contributed by atoms with Gasteiger partial charge in [-0.15, -0.1) is 12.4 Å². The number of ether oxygens (including phenoxy) is 1. The van der Waals surface area contributed by atoms with Crippen molar-refractivity contribution in [3.8, 4) is 5.75 Å². The number of methoxy groups -OCH3 is 1. The lowest BCUT2D eigenvalue weighted by molar-refractivity contribution is 0.0693. The monoisotopic (exact) mass is 345 g/mol. The lowest BCUT2D eigenvalue weighted by atomic mass is 9.95. The summed E-state index contributed by atoms with van der Waals surface area (Å²) in [4.78, 5) is 10.5. The van der Waals surface area contributed by atoms with Crippen LogP contribution in [0, 0.1) is 0 Å². The van der Waals surface area contributed by atoms with Gasteiger partial charge in [0.15, 0.2) is 0 Å². The van der Waals surface area contributed by atoms with Gasteiger partial charge in [-0.3, -0.25) is 0 Å². The van der Waals surface area contributed by atoms with E-state index in [0.29, 0.717) is 11.8 Å². The summed E-state index contributed by atoms with van der Waals surface area (Å²) in [6.45, 7) is 2.30. The molecule has 1 aromatic carbocycles. The fourth-order valence-electron chi connectivity index (χ4n) is 2.55. The lowest BCUT2D eigenvalue weighted by Crippen LogP contribution is -2.39. The summed E-state index contributed by atoms with van der Waals surface area (Å²) in [7, 11) is 1.45. The number of aliphatic hydroxyl groups is 1. The fraction of sp³-hybridized carbons (Fsp3) is 0.588. The Kier molecular flexibility index (Phi) is 11.5. The van der Waals surface area contributed by atoms with Gasteiger partial charge in [0.05, 0.1) is 13.7 Å². The number of rotatable bonds is 5. The van der Waals surface area contributed by atoms with Gasteiger partial charge in [0.1, 0.15) is 11.3 Å². The maximum atomic E-state index is 10.5. The number of carbonyl (C=O) groups is 1. The number of para-hydroxylation sites is 1. The molecule has 1 saturated carbocycles. The Morgan fingerprint density at radius 3 is 2.39 bits per heavy atom. The van der Waals surface area contributed by atoms with E-state index in [1.807, 2.05) is 6.92 Å². The molecule has 0 spiro atoms. The molecular formula is C17H28ClNO4. The molecule has 1 atom stereocenters. The highest BCUT2D eigenvalue weighted by Gasteiger charge is 2.14. The highest BCUT2D eigenvalue weighted by atomic mass is 35.5. The Labute approximate surface area is 144 Å². The standard InChI is InChI=1S/C9H19NO.C8H8O3.ClH/c1-8(7-11)10-9-5-3-2-4-6-9;1-11-7-5-3-2-4-6(7)8(9)10;/h8-11H,2-7H2,1H3;2-5H,1H3,(H,9,10);1H. The van der Waals surface area contributed by atoms with Crippen LogP contribution >= 0.6 is 12.4 Å². The Morgan fingerprint density at radius 1 is 1.30 bits per heavy atom. The van der Waals surface area contributed by atoms with E-state index in [9.17, 15) is 4.79 Å². The van der Waals surface area contributed by atoms with Gasteiger partial charge in [-0.05, 0) is 31.9 Å². The summed E-state index contributed by atoms with van der Waals surface area (Å²) in [6.07, 6.45) is 6.70. The van der Waals surface area contributed by atoms with E-state index in [-0.39, 0.29) is 30.6 Å². The number of hydrogen-bond donors (Lipinski definition) is 3. The van der Waals surface area contributed by atoms with Crippen molar-refractivity contribution >= 4 is 18.4 Å². The fourth-order valence-corrected chi connectivity index (χ4v) is 2.55. The molecule has 132 valence electrons. The minimum absolute atomic E-state index is 0. The largest absolute Gasteiger partial charge is 0.496 e. The molecule has 2 rings (SSSR count). The van der Waals surface area contributed by atoms with Gasteiger partial charge in [0, 0.05) is 12.1 Å². The van der Waals surface area contributed by atoms with Crippen LogP contribution in [0.1, 0.15) is 49.4 Å². The number of carboxylic acids is 1. The van der Waals surface area contributed by atoms with E-state index in [4.69, 9.17) is 14.9 Å². The minimum Gasteiger partial charge on any atom is -0.496 e. The van der Waals surface area contributed by atoms with Crippen molar-refractivity contribution < 1.29 is 19.7 Å². The molecule has 23 heavy (non-hydrogen) atoms. The number of aromatic carboxylic acids is 1. The topological polar surface area (TPSA) is 78.8 Å². The van der Waals surface area contributed by atoms with E-state index in [1.165, 1.54) is 45.3 Å². The molecule has 0 bridgehead atoms. The van der Waals surface area contributed by atoms with Gasteiger partial charge in [-0.1, -0.05) is 31.4 Å². The lowest BCUT2D eigenvalue weighted by Gasteiger charge is -2.25. The van der Waals surface area contributed by atoms with Crippen molar-refractivity contribution in [1.29, 1.82) is 0 Å². The number of halogens is 1. The predicted molar refractivity (Wildman–Crippen MR) is 93.8 cm³/mol. The minimum atomic E-state index is -0.970. The van der Waals surface area contributed by atoms with Crippen LogP contribution in [0.4, 0.5) is 0 Å². The second kappa shape index (κ2) is 12.2. The molecule has 1 fully saturated rings. The Bertz CT molecular complexity index is 450. The Morgan fingerprint density at radius 2 is 1.91 bits per heavy atom. The maximum absolute atomic E-state index is 10.5. The average Bonchev–Trinajstić information content (AvgIpc) is 2.56. The number of hydrogen-bond acceptors (Lipinski definition) is 4. The molecule has 1 aliphatic rings. The smallest absolute Gasteiger partial charge is 0.339 e. The Balaban J connectivity index is 0.000000403. The summed E-state index contributed by atoms with van der Waals surface area (Å²) in [5.74, 6) is -0.581. The van der Waals surface area contributed by atoms with Crippen LogP contribution in [0.2, 0.25) is 0 Å². The van der Waals surface area contributed by atoms with E-state index >= 15 is 0 Å². The van der Waals surface area contributed by atoms with Gasteiger partial charge in [-0.25, -0.2) is 4.79 Å². The molecule has 0 aliphatic heterocycles. The normalized spacial score (nSPS) is 15.6. The molecule has 0 radical (unpaired) electrons. The molecule has 6 heteroatoms. The first kappa shape index (κ1) is 21.7. The second-order valence-corrected chi connectivity index (χ2v) is 5.59. The van der Waals surface area contributed by atoms with Crippen molar-refractivity contribution in [2.45, 2.75) is 51.1 Å². The van der Waals surface area contributed by atoms with Gasteiger partial charge in [0.25, 0.3) is 0 Å². The maximum Gasteiger partial charge on any atom is 0.339 e. The summed E-state index contributed by atoms with van der Waals surface area (Å²) >= 11 is 0. The summed E-state index contributed by atoms with van der Waals surface area (Å²) < 4.78 is 4.83. The molecule has 5 nitrogen and oxygen atoms in total. The second-order valence-electron chi connectivity index (χ2n) is 5.59. The summed E-state index contributed by atoms with van der Waals surface area (Å²) in [5.41, 5.74) is 0.190. The molecule has 1 aliphatic carbocycles. The van der Waals surface area contributed by atoms with Crippen LogP contribution in [0.15, 0.2) is 24.3 Å². The van der Waals surface area contributed by atoms with Crippen LogP contribution < -0.4 is 10.1 Å². The van der Waals surface area contributed by atoms with Crippen LogP contribution in [-0.2, 0) is 0 Å². The third-order valence-electron chi connectivity index (χ3n) is 3.74. The molecule has 0 aromatic heterocycles. The number of benzene rings is 1. The first-order valence-corrected chi connectivity index (χ1v) is 7.81. The number of aliphatic hydroxyl groups excluding tert-OH is 1. The molecular weight excluding hydrogens is 318 g/mol. The first-order valence-electron chi connectivity index (χ1n) is 7.81. The van der Waals surface area contributed by atoms with E-state index in [2.05, 4.69) is 5.32 Å². The third kappa shape index (κ3) is 8.21. The zero-order chi connectivity index (χ0) is 16.4. The zero-order valence-corrected chi connectivity index (χ0v) is 14.6.